The van der Waals surface area contributed by atoms with Crippen LogP contribution in [0.5, 0.6) is 0 Å². The van der Waals surface area contributed by atoms with Crippen LogP contribution in [0.2, 0.25) is 0 Å². The van der Waals surface area contributed by atoms with Gasteiger partial charge in [0.1, 0.15) is 11.8 Å². The van der Waals surface area contributed by atoms with E-state index in [4.69, 9.17) is 13.9 Å². The van der Waals surface area contributed by atoms with Gasteiger partial charge < -0.3 is 23.8 Å². The Bertz CT molecular complexity index is 1100. The number of fused-ring (bicyclic) bond motifs is 1. The number of H-pyrrole nitrogens is 1. The van der Waals surface area contributed by atoms with Gasteiger partial charge in [-0.05, 0) is 35.2 Å². The van der Waals surface area contributed by atoms with Crippen LogP contribution >= 0.6 is 0 Å². The molecule has 2 heterocycles. The van der Waals surface area contributed by atoms with Crippen LogP contribution in [-0.2, 0) is 14.9 Å². The highest BCUT2D eigenvalue weighted by molar-refractivity contribution is 6.07. The molecular formula is C24H30N2O5. The lowest BCUT2D eigenvalue weighted by atomic mass is 9.84. The molecule has 1 aromatic carbocycles. The summed E-state index contributed by atoms with van der Waals surface area (Å²) < 4.78 is 16.2. The second-order valence-electron chi connectivity index (χ2n) is 8.49. The average molecular weight is 427 g/mol. The van der Waals surface area contributed by atoms with Gasteiger partial charge in [-0.25, -0.2) is 0 Å². The molecule has 3 aromatic rings. The quantitative estimate of drug-likeness (QED) is 0.592. The van der Waals surface area contributed by atoms with Gasteiger partial charge in [-0.1, -0.05) is 20.8 Å². The molecule has 7 heteroatoms. The minimum absolute atomic E-state index is 0.160. The van der Waals surface area contributed by atoms with Crippen molar-refractivity contribution in [1.29, 1.82) is 0 Å². The van der Waals surface area contributed by atoms with Gasteiger partial charge in [-0.2, -0.15) is 0 Å². The summed E-state index contributed by atoms with van der Waals surface area (Å²) in [6.07, 6.45) is 3.11. The first-order valence-corrected chi connectivity index (χ1v) is 10.3. The zero-order valence-corrected chi connectivity index (χ0v) is 18.8. The van der Waals surface area contributed by atoms with Crippen molar-refractivity contribution in [2.24, 2.45) is 0 Å². The highest BCUT2D eigenvalue weighted by Gasteiger charge is 2.26. The maximum absolute atomic E-state index is 13.4. The number of ether oxygens (including phenoxy) is 2. The molecule has 2 aromatic heterocycles. The highest BCUT2D eigenvalue weighted by Crippen LogP contribution is 2.36. The van der Waals surface area contributed by atoms with E-state index in [1.54, 1.807) is 37.4 Å². The van der Waals surface area contributed by atoms with Gasteiger partial charge in [0.2, 0.25) is 0 Å². The van der Waals surface area contributed by atoms with Crippen molar-refractivity contribution >= 4 is 16.9 Å². The molecule has 1 amide bonds. The van der Waals surface area contributed by atoms with Crippen molar-refractivity contribution < 1.29 is 18.7 Å². The number of amides is 1. The Hall–Kier alpha value is -2.90. The summed E-state index contributed by atoms with van der Waals surface area (Å²) in [7, 11) is 3.21. The lowest BCUT2D eigenvalue weighted by Gasteiger charge is -2.22. The zero-order chi connectivity index (χ0) is 22.6. The number of nitrogens with zero attached hydrogens (tertiary/aromatic N) is 1. The number of aromatic nitrogens is 1. The predicted octanol–water partition coefficient (Wildman–Crippen LogP) is 3.82. The summed E-state index contributed by atoms with van der Waals surface area (Å²) in [6, 6.07) is 7.39. The molecule has 0 aliphatic heterocycles. The summed E-state index contributed by atoms with van der Waals surface area (Å²) in [5.74, 6) is -0.160. The molecule has 0 unspecified atom stereocenters. The predicted molar refractivity (Wildman–Crippen MR) is 121 cm³/mol. The van der Waals surface area contributed by atoms with Crippen LogP contribution in [0.15, 0.2) is 45.9 Å². The number of aromatic amines is 1. The summed E-state index contributed by atoms with van der Waals surface area (Å²) in [5, 5.41) is 0.690. The molecule has 31 heavy (non-hydrogen) atoms. The Morgan fingerprint density at radius 1 is 1.13 bits per heavy atom. The lowest BCUT2D eigenvalue weighted by molar-refractivity contribution is 0.0628. The number of hydrogen-bond donors (Lipinski definition) is 1. The maximum Gasteiger partial charge on any atom is 0.257 e. The molecule has 0 atom stereocenters. The Balaban J connectivity index is 2.17. The maximum atomic E-state index is 13.4. The molecule has 7 nitrogen and oxygen atoms in total. The molecule has 0 saturated carbocycles. The minimum atomic E-state index is -0.250. The number of carbonyl (C=O) groups excluding carboxylic acids is 1. The van der Waals surface area contributed by atoms with Crippen LogP contribution in [0.1, 0.15) is 36.7 Å². The van der Waals surface area contributed by atoms with E-state index in [2.05, 4.69) is 25.8 Å². The van der Waals surface area contributed by atoms with Crippen molar-refractivity contribution in [3.05, 3.63) is 58.2 Å². The van der Waals surface area contributed by atoms with Crippen LogP contribution in [0.25, 0.3) is 22.1 Å². The van der Waals surface area contributed by atoms with Crippen LogP contribution in [0, 0.1) is 0 Å². The highest BCUT2D eigenvalue weighted by atomic mass is 16.5. The van der Waals surface area contributed by atoms with Gasteiger partial charge in [0.15, 0.2) is 0 Å². The van der Waals surface area contributed by atoms with E-state index in [0.717, 1.165) is 11.1 Å². The summed E-state index contributed by atoms with van der Waals surface area (Å²) >= 11 is 0. The molecule has 0 aliphatic carbocycles. The molecule has 3 rings (SSSR count). The molecule has 166 valence electrons. The monoisotopic (exact) mass is 426 g/mol. The Morgan fingerprint density at radius 3 is 2.39 bits per heavy atom. The number of rotatable bonds is 8. The van der Waals surface area contributed by atoms with Crippen molar-refractivity contribution in [1.82, 2.24) is 9.88 Å². The number of methoxy groups -OCH3 is 2. The van der Waals surface area contributed by atoms with E-state index in [1.165, 1.54) is 6.26 Å². The van der Waals surface area contributed by atoms with E-state index < -0.39 is 0 Å². The van der Waals surface area contributed by atoms with Gasteiger partial charge in [-0.15, -0.1) is 0 Å². The van der Waals surface area contributed by atoms with Gasteiger partial charge in [0.25, 0.3) is 11.5 Å². The van der Waals surface area contributed by atoms with Crippen LogP contribution < -0.4 is 5.56 Å². The van der Waals surface area contributed by atoms with Gasteiger partial charge >= 0.3 is 0 Å². The number of benzene rings is 1. The molecule has 0 bridgehead atoms. The first kappa shape index (κ1) is 22.8. The molecule has 0 saturated heterocycles. The summed E-state index contributed by atoms with van der Waals surface area (Å²) in [5.41, 5.74) is 2.91. The zero-order valence-electron chi connectivity index (χ0n) is 18.8. The lowest BCUT2D eigenvalue weighted by Crippen LogP contribution is -2.36. The smallest absolute Gasteiger partial charge is 0.257 e. The van der Waals surface area contributed by atoms with E-state index >= 15 is 0 Å². The Kier molecular flexibility index (Phi) is 6.97. The van der Waals surface area contributed by atoms with E-state index in [0.29, 0.717) is 48.4 Å². The number of furan rings is 1. The van der Waals surface area contributed by atoms with Gasteiger partial charge in [0.05, 0.1) is 18.8 Å². The number of carbonyl (C=O) groups is 1. The SMILES string of the molecule is COCCN(CCOC)C(=O)c1coc2c(C(C)(C)C)cc(-c3ccc[nH]c3=O)cc12. The minimum Gasteiger partial charge on any atom is -0.463 e. The normalized spacial score (nSPS) is 11.8. The number of hydrogen-bond acceptors (Lipinski definition) is 5. The molecule has 0 radical (unpaired) electrons. The van der Waals surface area contributed by atoms with E-state index in [-0.39, 0.29) is 16.9 Å². The van der Waals surface area contributed by atoms with Gasteiger partial charge in [0, 0.05) is 50.0 Å². The fourth-order valence-electron chi connectivity index (χ4n) is 3.55. The summed E-state index contributed by atoms with van der Waals surface area (Å²) in [6.45, 7) is 7.95. The first-order valence-electron chi connectivity index (χ1n) is 10.3. The molecule has 0 aliphatic rings. The van der Waals surface area contributed by atoms with Crippen LogP contribution in [-0.4, -0.2) is 56.3 Å². The number of pyridine rings is 1. The molecular weight excluding hydrogens is 396 g/mol. The van der Waals surface area contributed by atoms with E-state index in [1.807, 2.05) is 12.1 Å². The third-order valence-corrected chi connectivity index (χ3v) is 5.26. The summed E-state index contributed by atoms with van der Waals surface area (Å²) in [4.78, 5) is 30.2. The van der Waals surface area contributed by atoms with Crippen LogP contribution in [0.3, 0.4) is 0 Å². The first-order chi connectivity index (χ1) is 14.8. The molecule has 0 fully saturated rings. The topological polar surface area (TPSA) is 84.8 Å². The fourth-order valence-corrected chi connectivity index (χ4v) is 3.55. The van der Waals surface area contributed by atoms with Crippen LogP contribution in [0.4, 0.5) is 0 Å². The Morgan fingerprint density at radius 2 is 1.81 bits per heavy atom. The Labute approximate surface area is 182 Å². The second kappa shape index (κ2) is 9.49. The largest absolute Gasteiger partial charge is 0.463 e. The third kappa shape index (κ3) is 4.89. The van der Waals surface area contributed by atoms with Crippen molar-refractivity contribution in [3.63, 3.8) is 0 Å². The second-order valence-corrected chi connectivity index (χ2v) is 8.49. The number of nitrogens with one attached hydrogen (secondary N) is 1. The van der Waals surface area contributed by atoms with Crippen molar-refractivity contribution in [2.45, 2.75) is 26.2 Å². The molecule has 0 spiro atoms. The third-order valence-electron chi connectivity index (χ3n) is 5.26. The average Bonchev–Trinajstić information content (AvgIpc) is 3.16. The van der Waals surface area contributed by atoms with Crippen molar-refractivity contribution in [2.75, 3.05) is 40.5 Å². The molecule has 1 N–H and O–H groups in total. The van der Waals surface area contributed by atoms with E-state index in [9.17, 15) is 9.59 Å². The fraction of sp³-hybridized carbons (Fsp3) is 0.417. The van der Waals surface area contributed by atoms with Gasteiger partial charge in [-0.3, -0.25) is 9.59 Å². The van der Waals surface area contributed by atoms with Crippen molar-refractivity contribution in [3.8, 4) is 11.1 Å². The standard InChI is InChI=1S/C24H30N2O5/c1-24(2,3)20-14-16(17-7-6-8-25-22(17)27)13-18-19(15-31-21(18)20)23(28)26(9-11-29-4)10-12-30-5/h6-8,13-15H,9-12H2,1-5H3,(H,25,27).